The van der Waals surface area contributed by atoms with Crippen LogP contribution in [0.1, 0.15) is 79.6 Å². The van der Waals surface area contributed by atoms with E-state index >= 15 is 0 Å². The Bertz CT molecular complexity index is 424. The predicted octanol–water partition coefficient (Wildman–Crippen LogP) is 5.93. The largest absolute Gasteiger partial charge is 0.309 e. The third-order valence-corrected chi connectivity index (χ3v) is 8.22. The fraction of sp³-hybridized carbons (Fsp3) is 0.950. The van der Waals surface area contributed by atoms with Crippen molar-refractivity contribution in [2.24, 2.45) is 40.4 Å². The van der Waals surface area contributed by atoms with E-state index in [-0.39, 0.29) is 5.41 Å². The highest BCUT2D eigenvalue weighted by Crippen LogP contribution is 2.59. The molecule has 3 saturated carbocycles. The van der Waals surface area contributed by atoms with Crippen molar-refractivity contribution in [3.8, 4) is 0 Å². The van der Waals surface area contributed by atoms with Crippen LogP contribution in [0.5, 0.6) is 0 Å². The first-order chi connectivity index (χ1) is 9.76. The summed E-state index contributed by atoms with van der Waals surface area (Å²) >= 11 is 0. The second kappa shape index (κ2) is 5.10. The van der Waals surface area contributed by atoms with Crippen LogP contribution >= 0.6 is 0 Å². The average Bonchev–Trinajstić information content (AvgIpc) is 2.40. The normalized spacial score (nSPS) is 50.0. The van der Waals surface area contributed by atoms with Crippen molar-refractivity contribution in [2.45, 2.75) is 79.6 Å². The molecule has 6 atom stereocenters. The molecule has 0 radical (unpaired) electrons. The average molecular weight is 290 g/mol. The van der Waals surface area contributed by atoms with Crippen molar-refractivity contribution >= 4 is 5.71 Å². The molecule has 2 bridgehead atoms. The maximum atomic E-state index is 8.62. The van der Waals surface area contributed by atoms with Gasteiger partial charge in [0.05, 0.1) is 0 Å². The van der Waals surface area contributed by atoms with Crippen LogP contribution in [0.15, 0.2) is 0 Å². The number of hydrogen-bond acceptors (Lipinski definition) is 1. The highest BCUT2D eigenvalue weighted by molar-refractivity contribution is 5.88. The van der Waals surface area contributed by atoms with Gasteiger partial charge in [-0.2, -0.15) is 0 Å². The lowest BCUT2D eigenvalue weighted by Gasteiger charge is -2.57. The van der Waals surface area contributed by atoms with Crippen LogP contribution in [0.4, 0.5) is 0 Å². The number of nitrogens with one attached hydrogen (secondary N) is 1. The lowest BCUT2D eigenvalue weighted by molar-refractivity contribution is -0.0441. The van der Waals surface area contributed by atoms with Crippen LogP contribution in [0.3, 0.4) is 0 Å². The summed E-state index contributed by atoms with van der Waals surface area (Å²) in [5, 5.41) is 8.62. The number of rotatable bonds is 0. The molecule has 3 aliphatic carbocycles. The van der Waals surface area contributed by atoms with E-state index in [1.165, 1.54) is 38.5 Å². The van der Waals surface area contributed by atoms with Gasteiger partial charge in [0, 0.05) is 11.1 Å². The molecule has 0 amide bonds. The fourth-order valence-corrected chi connectivity index (χ4v) is 6.45. The van der Waals surface area contributed by atoms with E-state index in [4.69, 9.17) is 5.41 Å². The van der Waals surface area contributed by atoms with Gasteiger partial charge in [0.25, 0.3) is 0 Å². The summed E-state index contributed by atoms with van der Waals surface area (Å²) in [4.78, 5) is 0. The second-order valence-electron chi connectivity index (χ2n) is 9.47. The lowest BCUT2D eigenvalue weighted by Crippen LogP contribution is -2.50. The van der Waals surface area contributed by atoms with Gasteiger partial charge in [-0.25, -0.2) is 0 Å². The van der Waals surface area contributed by atoms with E-state index in [9.17, 15) is 0 Å². The summed E-state index contributed by atoms with van der Waals surface area (Å²) in [6.45, 7) is 12.5. The Hall–Kier alpha value is -0.330. The lowest BCUT2D eigenvalue weighted by atomic mass is 9.48. The summed E-state index contributed by atoms with van der Waals surface area (Å²) < 4.78 is 0. The Morgan fingerprint density at radius 2 is 1.57 bits per heavy atom. The first-order valence-electron chi connectivity index (χ1n) is 9.34. The first-order valence-corrected chi connectivity index (χ1v) is 9.34. The van der Waals surface area contributed by atoms with Crippen LogP contribution in [0.25, 0.3) is 0 Å². The van der Waals surface area contributed by atoms with Crippen LogP contribution in [-0.2, 0) is 0 Å². The monoisotopic (exact) mass is 289 g/mol. The number of hydrogen-bond donors (Lipinski definition) is 1. The van der Waals surface area contributed by atoms with E-state index < -0.39 is 0 Å². The van der Waals surface area contributed by atoms with Crippen LogP contribution in [0, 0.1) is 45.8 Å². The Kier molecular flexibility index (Phi) is 3.78. The molecule has 0 saturated heterocycles. The quantitative estimate of drug-likeness (QED) is 0.571. The standard InChI is InChI=1S/C20H35N/c1-13-6-8-15-12-17-14(2)7-9-18(21)20(17,5)11-10-16(13)19(15,3)4/h13-17,21H,6-12H2,1-5H3/t13-,14-,15+,16+,17-,20+/m1/s1. The molecular formula is C20H35N. The highest BCUT2D eigenvalue weighted by atomic mass is 14.6. The molecule has 0 aromatic rings. The van der Waals surface area contributed by atoms with Gasteiger partial charge in [0.15, 0.2) is 0 Å². The smallest absolute Gasteiger partial charge is 0.0151 e. The van der Waals surface area contributed by atoms with Crippen molar-refractivity contribution in [3.63, 3.8) is 0 Å². The van der Waals surface area contributed by atoms with Gasteiger partial charge >= 0.3 is 0 Å². The fourth-order valence-electron chi connectivity index (χ4n) is 6.45. The van der Waals surface area contributed by atoms with Crippen molar-refractivity contribution in [1.82, 2.24) is 0 Å². The van der Waals surface area contributed by atoms with E-state index in [1.54, 1.807) is 0 Å². The minimum Gasteiger partial charge on any atom is -0.309 e. The molecule has 3 rings (SSSR count). The third kappa shape index (κ3) is 2.30. The summed E-state index contributed by atoms with van der Waals surface area (Å²) in [6, 6.07) is 0. The van der Waals surface area contributed by atoms with Crippen LogP contribution in [-0.4, -0.2) is 5.71 Å². The molecule has 0 heterocycles. The molecule has 120 valence electrons. The maximum absolute atomic E-state index is 8.62. The maximum Gasteiger partial charge on any atom is 0.0151 e. The molecule has 1 nitrogen and oxygen atoms in total. The van der Waals surface area contributed by atoms with E-state index in [2.05, 4.69) is 34.6 Å². The molecule has 0 aromatic heterocycles. The van der Waals surface area contributed by atoms with Crippen molar-refractivity contribution < 1.29 is 0 Å². The van der Waals surface area contributed by atoms with Gasteiger partial charge in [-0.15, -0.1) is 0 Å². The zero-order valence-corrected chi connectivity index (χ0v) is 14.8. The highest BCUT2D eigenvalue weighted by Gasteiger charge is 2.52. The zero-order valence-electron chi connectivity index (χ0n) is 14.8. The summed E-state index contributed by atoms with van der Waals surface area (Å²) in [5.41, 5.74) is 1.80. The molecule has 0 aliphatic heterocycles. The summed E-state index contributed by atoms with van der Waals surface area (Å²) in [5.74, 6) is 4.22. The molecule has 21 heavy (non-hydrogen) atoms. The predicted molar refractivity (Wildman–Crippen MR) is 90.7 cm³/mol. The Morgan fingerprint density at radius 1 is 0.905 bits per heavy atom. The van der Waals surface area contributed by atoms with Crippen molar-refractivity contribution in [1.29, 1.82) is 5.41 Å². The van der Waals surface area contributed by atoms with Crippen LogP contribution < -0.4 is 0 Å². The molecule has 3 fully saturated rings. The van der Waals surface area contributed by atoms with Gasteiger partial charge in [0.1, 0.15) is 0 Å². The van der Waals surface area contributed by atoms with Crippen molar-refractivity contribution in [2.75, 3.05) is 0 Å². The molecular weight excluding hydrogens is 254 g/mol. The van der Waals surface area contributed by atoms with E-state index in [0.29, 0.717) is 5.41 Å². The molecule has 3 aliphatic rings. The SMILES string of the molecule is C[C@@H]1CCC(=N)[C@@]2(C)CC[C@H]3[C@H](C)CC[C@@H](C[C@H]12)C3(C)C. The molecule has 1 N–H and O–H groups in total. The second-order valence-corrected chi connectivity index (χ2v) is 9.47. The van der Waals surface area contributed by atoms with Gasteiger partial charge in [-0.3, -0.25) is 0 Å². The van der Waals surface area contributed by atoms with E-state index in [0.717, 1.165) is 41.7 Å². The van der Waals surface area contributed by atoms with Gasteiger partial charge in [0.2, 0.25) is 0 Å². The molecule has 0 unspecified atom stereocenters. The zero-order chi connectivity index (χ0) is 15.4. The minimum atomic E-state index is 0.210. The molecule has 0 aromatic carbocycles. The van der Waals surface area contributed by atoms with Crippen LogP contribution in [0.2, 0.25) is 0 Å². The van der Waals surface area contributed by atoms with Gasteiger partial charge < -0.3 is 5.41 Å². The Morgan fingerprint density at radius 3 is 2.29 bits per heavy atom. The van der Waals surface area contributed by atoms with Gasteiger partial charge in [-0.1, -0.05) is 41.0 Å². The Balaban J connectivity index is 1.96. The number of fused-ring (bicyclic) bond motifs is 3. The minimum absolute atomic E-state index is 0.210. The molecule has 1 heteroatoms. The molecule has 0 spiro atoms. The van der Waals surface area contributed by atoms with Gasteiger partial charge in [-0.05, 0) is 73.5 Å². The topological polar surface area (TPSA) is 23.9 Å². The Labute approximate surface area is 131 Å². The summed E-state index contributed by atoms with van der Waals surface area (Å²) in [7, 11) is 0. The van der Waals surface area contributed by atoms with E-state index in [1.807, 2.05) is 0 Å². The third-order valence-electron chi connectivity index (χ3n) is 8.22. The van der Waals surface area contributed by atoms with Crippen molar-refractivity contribution in [3.05, 3.63) is 0 Å². The first kappa shape index (κ1) is 15.6. The summed E-state index contributed by atoms with van der Waals surface area (Å²) in [6.07, 6.45) is 9.19.